The van der Waals surface area contributed by atoms with E-state index >= 15 is 28.8 Å². The number of phenolic OH excluding ortho intramolecular Hbond substituents is 1. The van der Waals surface area contributed by atoms with Crippen LogP contribution in [-0.2, 0) is 63.6 Å². The molecule has 8 amide bonds. The Morgan fingerprint density at radius 3 is 1.89 bits per heavy atom. The summed E-state index contributed by atoms with van der Waals surface area (Å²) in [6.45, 7) is 5.84. The van der Waals surface area contributed by atoms with Crippen LogP contribution in [0.25, 0.3) is 11.1 Å². The van der Waals surface area contributed by atoms with Crippen LogP contribution in [0.5, 0.6) is 40.2 Å². The van der Waals surface area contributed by atoms with Crippen LogP contribution in [0.15, 0.2) is 108 Å². The van der Waals surface area contributed by atoms with Crippen LogP contribution in [0.4, 0.5) is 0 Å². The minimum atomic E-state index is -4.89. The molecular weight excluding hydrogens is 1660 g/mol. The molecule has 2 saturated heterocycles. The number of sulfonamides is 1. The van der Waals surface area contributed by atoms with Gasteiger partial charge in [0.25, 0.3) is 10.0 Å². The number of halogens is 2. The van der Waals surface area contributed by atoms with E-state index in [1.165, 1.54) is 68.8 Å². The number of aliphatic hydroxyl groups is 8. The van der Waals surface area contributed by atoms with E-state index < -0.39 is 229 Å². The standard InChI is InChI=1S/C85H98Cl2N10O25S/c1-34(2)17-55(89-5)76(106)95-68-70(101)39-8-15-57(53(86)24-39)119-59-26-43-27-60(74(59)122-83-50(72(103)73(104)61(33-98)121-83)30-46-32-84(4,88)75(105)35(3)118-46)120-58-16-9-40(25-54(58)87)71(102)69-82(112)94-67(80(110)91-64-41-19-36-18-37(21-41)22-42(64)20-36)49-28-44(99)29-52-63(49)48-23-38(7-14-51(48)85(52,113)114)65(78(108)96-69)93-79(109)66(43)92-77(107)56(90-81(68)111)31-62(100)97-123(115,116)47-12-10-45(117-6)11-13-47/h7-16,23-29,34-37,41-42,46,50,55-56,61,64-73,75,83,89,98-99,101-105,113-114H,17-22,30-33,88H2,1-6H3,(H,90,111)(H,91,110)(H,92,107)(H,93,109)(H,94,112)(H,95,106)(H,96,108)(H,97,100)/t35-,36?,37?,41?,42?,46-,50+,55+,56-,61+,64?,65+,66+,67-,68+,69-,70+,71+,72+,73+,75+,83-,84-/m0/s1. The van der Waals surface area contributed by atoms with Gasteiger partial charge in [-0.1, -0.05) is 61.3 Å². The van der Waals surface area contributed by atoms with E-state index in [0.29, 0.717) is 11.8 Å². The van der Waals surface area contributed by atoms with Gasteiger partial charge in [0.1, 0.15) is 83.7 Å². The van der Waals surface area contributed by atoms with E-state index in [1.807, 2.05) is 18.6 Å². The van der Waals surface area contributed by atoms with Crippen molar-refractivity contribution in [1.29, 1.82) is 0 Å². The van der Waals surface area contributed by atoms with Gasteiger partial charge < -0.3 is 123 Å². The molecular formula is C85H98Cl2N10O25S. The normalized spacial score (nSPS) is 31.5. The van der Waals surface area contributed by atoms with Crippen molar-refractivity contribution in [3.05, 3.63) is 152 Å². The molecule has 6 aromatic carbocycles. The van der Waals surface area contributed by atoms with Crippen LogP contribution in [0.1, 0.15) is 155 Å². The summed E-state index contributed by atoms with van der Waals surface area (Å²) in [6, 6.07) is 5.03. The van der Waals surface area contributed by atoms with Crippen molar-refractivity contribution in [2.24, 2.45) is 41.2 Å². The summed E-state index contributed by atoms with van der Waals surface area (Å²) in [7, 11) is -2.11. The topological polar surface area (TPSA) is 542 Å². The van der Waals surface area contributed by atoms with Gasteiger partial charge >= 0.3 is 0 Å². The van der Waals surface area contributed by atoms with Gasteiger partial charge in [-0.25, -0.2) is 13.1 Å². The zero-order valence-corrected chi connectivity index (χ0v) is 69.8. The Hall–Kier alpha value is -9.87. The van der Waals surface area contributed by atoms with E-state index in [-0.39, 0.29) is 104 Å². The zero-order chi connectivity index (χ0) is 88.1. The van der Waals surface area contributed by atoms with Crippen molar-refractivity contribution in [1.82, 2.24) is 47.3 Å². The smallest absolute Gasteiger partial charge is 0.264 e. The molecule has 0 unspecified atom stereocenters. The number of amides is 8. The number of nitrogens with two attached hydrogens (primary N) is 1. The van der Waals surface area contributed by atoms with Crippen molar-refractivity contribution < 1.29 is 121 Å². The summed E-state index contributed by atoms with van der Waals surface area (Å²) in [5.41, 5.74) is 3.07. The maximum absolute atomic E-state index is 16.7. The number of aliphatic hydroxyl groups excluding tert-OH is 6. The molecule has 0 spiro atoms. The average Bonchev–Trinajstić information content (AvgIpc) is 1.57. The first kappa shape index (κ1) is 88.0. The van der Waals surface area contributed by atoms with Crippen molar-refractivity contribution in [2.45, 2.75) is 205 Å². The summed E-state index contributed by atoms with van der Waals surface area (Å²) in [5.74, 6) is -16.6. The van der Waals surface area contributed by atoms with Gasteiger partial charge in [0.05, 0.1) is 71.5 Å². The SMILES string of the molecule is CN[C@H](CC(C)C)C(=O)N[C@H]1C(=O)N[C@@H](CC(=O)NS(=O)(=O)c2ccc(OC)cc2)C(=O)N[C@H]2C(=O)N[C@H]3C(=O)N[C@H](C(=O)N[C@H](C(=O)NC4C5CC6CC(C5)CC4C6)c4cc(O)cc5c4-c4cc3ccc4C5(O)O)[C@H](O)c3ccc(c(Cl)c3)Oc3cc2cc(c3O[C@@H]2O[C@H](CO)[C@@H](O)[C@H](O)[C@H]2C[C@H]2C[C@](C)(N)[C@H](O)[C@H](C)O2)Oc2ccc(cc2Cl)[C@H]1O. The van der Waals surface area contributed by atoms with Crippen LogP contribution in [0, 0.1) is 35.5 Å². The summed E-state index contributed by atoms with van der Waals surface area (Å²) in [5, 5.41) is 129. The Balaban J connectivity index is 0.933. The second kappa shape index (κ2) is 34.6. The van der Waals surface area contributed by atoms with Gasteiger partial charge in [0.2, 0.25) is 65.1 Å². The maximum Gasteiger partial charge on any atom is 0.264 e. The minimum Gasteiger partial charge on any atom is -0.508 e. The number of ether oxygens (including phenoxy) is 6. The number of likely N-dealkylation sites (N-methyl/N-ethyl adjacent to an activating group) is 1. The Morgan fingerprint density at radius 2 is 1.29 bits per heavy atom. The molecule has 123 heavy (non-hydrogen) atoms. The minimum absolute atomic E-state index is 0.0430. The molecule has 4 saturated carbocycles. The number of hydrogen-bond acceptors (Lipinski definition) is 27. The summed E-state index contributed by atoms with van der Waals surface area (Å²) >= 11 is 14.5. The van der Waals surface area contributed by atoms with Crippen LogP contribution in [0.3, 0.4) is 0 Å². The third kappa shape index (κ3) is 17.5. The van der Waals surface area contributed by atoms with Crippen molar-refractivity contribution >= 4 is 80.5 Å². The predicted octanol–water partition coefficient (Wildman–Crippen LogP) is 2.74. The van der Waals surface area contributed by atoms with Gasteiger partial charge in [-0.15, -0.1) is 0 Å². The van der Waals surface area contributed by atoms with Crippen LogP contribution >= 0.6 is 23.2 Å². The number of phenols is 1. The molecule has 7 aliphatic heterocycles. The fraction of sp³-hybridized carbons (Fsp3) is 0.482. The molecule has 18 atom stereocenters. The number of carbonyl (C=O) groups is 8. The van der Waals surface area contributed by atoms with Crippen LogP contribution in [-0.4, -0.2) is 201 Å². The highest BCUT2D eigenvalue weighted by atomic mass is 35.5. The highest BCUT2D eigenvalue weighted by Gasteiger charge is 2.54. The fourth-order valence-electron chi connectivity index (χ4n) is 19.3. The molecule has 12 aliphatic rings. The number of methoxy groups -OCH3 is 1. The first-order chi connectivity index (χ1) is 58.3. The summed E-state index contributed by atoms with van der Waals surface area (Å²) in [4.78, 5) is 125. The van der Waals surface area contributed by atoms with Gasteiger partial charge in [0.15, 0.2) is 11.5 Å². The number of rotatable bonds is 17. The summed E-state index contributed by atoms with van der Waals surface area (Å²) in [6.07, 6.45) is -11.6. The molecule has 18 rings (SSSR count). The van der Waals surface area contributed by atoms with Crippen molar-refractivity contribution in [3.8, 4) is 51.4 Å². The van der Waals surface area contributed by atoms with Crippen molar-refractivity contribution in [2.75, 3.05) is 20.8 Å². The molecule has 35 nitrogen and oxygen atoms in total. The maximum atomic E-state index is 16.7. The predicted molar refractivity (Wildman–Crippen MR) is 435 cm³/mol. The van der Waals surface area contributed by atoms with Gasteiger partial charge in [-0.2, -0.15) is 0 Å². The lowest BCUT2D eigenvalue weighted by molar-refractivity contribution is -0.268. The lowest BCUT2D eigenvalue weighted by atomic mass is 9.54. The number of nitrogens with one attached hydrogen (secondary N) is 9. The number of aromatic hydroxyl groups is 1. The Bertz CT molecular complexity index is 5270. The van der Waals surface area contributed by atoms with Crippen LogP contribution < -0.4 is 71.9 Å². The van der Waals surface area contributed by atoms with E-state index in [4.69, 9.17) is 57.4 Å². The Kier molecular flexibility index (Phi) is 24.7. The third-order valence-electron chi connectivity index (χ3n) is 25.2. The second-order valence-electron chi connectivity index (χ2n) is 34.3. The zero-order valence-electron chi connectivity index (χ0n) is 67.5. The highest BCUT2D eigenvalue weighted by molar-refractivity contribution is 7.90. The highest BCUT2D eigenvalue weighted by Crippen LogP contribution is 2.56. The quantitative estimate of drug-likeness (QED) is 0.0584. The molecule has 7 heterocycles. The molecule has 38 heteroatoms. The van der Waals surface area contributed by atoms with Crippen LogP contribution in [0.2, 0.25) is 10.0 Å². The third-order valence-corrected chi connectivity index (χ3v) is 27.2. The second-order valence-corrected chi connectivity index (χ2v) is 36.8. The molecule has 0 aromatic heterocycles. The molecule has 0 radical (unpaired) electrons. The Labute approximate surface area is 715 Å². The molecule has 15 bridgehead atoms. The summed E-state index contributed by atoms with van der Waals surface area (Å²) < 4.78 is 68.5. The molecule has 6 fully saturated rings. The van der Waals surface area contributed by atoms with E-state index in [2.05, 4.69) is 42.5 Å². The fourth-order valence-corrected chi connectivity index (χ4v) is 20.7. The monoisotopic (exact) mass is 1760 g/mol. The molecule has 20 N–H and O–H groups in total. The molecule has 658 valence electrons. The molecule has 6 aromatic rings. The van der Waals surface area contributed by atoms with Crippen molar-refractivity contribution in [3.63, 3.8) is 0 Å². The lowest BCUT2D eigenvalue weighted by Gasteiger charge is -2.54. The number of hydrogen-bond donors (Lipinski definition) is 19. The van der Waals surface area contributed by atoms with Gasteiger partial charge in [-0.3, -0.25) is 38.4 Å². The number of benzene rings is 6. The first-order valence-electron chi connectivity index (χ1n) is 40.7. The van der Waals surface area contributed by atoms with E-state index in [1.54, 1.807) is 13.8 Å². The van der Waals surface area contributed by atoms with Gasteiger partial charge in [-0.05, 0) is 220 Å². The average molecular weight is 1760 g/mol. The number of fused-ring (bicyclic) bond motifs is 12. The number of carbonyl (C=O) groups excluding carboxylic acids is 8. The van der Waals surface area contributed by atoms with E-state index in [0.717, 1.165) is 80.6 Å². The van der Waals surface area contributed by atoms with Gasteiger partial charge in [0, 0.05) is 22.7 Å². The Morgan fingerprint density at radius 1 is 0.683 bits per heavy atom. The first-order valence-corrected chi connectivity index (χ1v) is 42.9. The van der Waals surface area contributed by atoms with E-state index in [9.17, 15) is 64.0 Å². The largest absolute Gasteiger partial charge is 0.508 e. The molecule has 5 aliphatic carbocycles. The lowest BCUT2D eigenvalue weighted by Crippen LogP contribution is -2.62.